The largest absolute Gasteiger partial charge is 0.354 e. The van der Waals surface area contributed by atoms with Gasteiger partial charge in [-0.2, -0.15) is 0 Å². The highest BCUT2D eigenvalue weighted by Gasteiger charge is 2.29. The van der Waals surface area contributed by atoms with Gasteiger partial charge in [0.05, 0.1) is 5.75 Å². The van der Waals surface area contributed by atoms with Crippen LogP contribution < -0.4 is 5.32 Å². The van der Waals surface area contributed by atoms with Crippen molar-refractivity contribution in [2.75, 3.05) is 12.3 Å². The van der Waals surface area contributed by atoms with Gasteiger partial charge in [-0.1, -0.05) is 74.3 Å². The second-order valence-corrected chi connectivity index (χ2v) is 10.1. The van der Waals surface area contributed by atoms with E-state index < -0.39 is 6.04 Å². The predicted octanol–water partition coefficient (Wildman–Crippen LogP) is 6.11. The maximum Gasteiger partial charge on any atom is 0.242 e. The molecule has 0 saturated carbocycles. The molecule has 0 radical (unpaired) electrons. The van der Waals surface area contributed by atoms with Crippen molar-refractivity contribution in [3.8, 4) is 0 Å². The molecule has 32 heavy (non-hydrogen) atoms. The van der Waals surface area contributed by atoms with E-state index in [-0.39, 0.29) is 24.1 Å². The van der Waals surface area contributed by atoms with Crippen LogP contribution in [0.5, 0.6) is 0 Å². The van der Waals surface area contributed by atoms with Gasteiger partial charge in [-0.05, 0) is 48.1 Å². The van der Waals surface area contributed by atoms with Crippen LogP contribution in [0.1, 0.15) is 43.9 Å². The molecule has 0 aromatic heterocycles. The van der Waals surface area contributed by atoms with Crippen molar-refractivity contribution in [2.24, 2.45) is 5.92 Å². The summed E-state index contributed by atoms with van der Waals surface area (Å²) in [6, 6.07) is 12.8. The van der Waals surface area contributed by atoms with E-state index in [1.807, 2.05) is 39.0 Å². The van der Waals surface area contributed by atoms with Crippen LogP contribution in [0.3, 0.4) is 0 Å². The highest BCUT2D eigenvalue weighted by atomic mass is 35.5. The van der Waals surface area contributed by atoms with Crippen molar-refractivity contribution in [2.45, 2.75) is 52.5 Å². The lowest BCUT2D eigenvalue weighted by atomic mass is 10.1. The quantitative estimate of drug-likeness (QED) is 0.409. The molecule has 0 spiro atoms. The van der Waals surface area contributed by atoms with E-state index in [1.165, 1.54) is 11.1 Å². The van der Waals surface area contributed by atoms with E-state index in [9.17, 15) is 9.59 Å². The number of halogens is 2. The highest BCUT2D eigenvalue weighted by molar-refractivity contribution is 7.99. The van der Waals surface area contributed by atoms with E-state index in [1.54, 1.807) is 28.8 Å². The molecule has 174 valence electrons. The Morgan fingerprint density at radius 1 is 1.09 bits per heavy atom. The van der Waals surface area contributed by atoms with Gasteiger partial charge in [0.2, 0.25) is 11.8 Å². The van der Waals surface area contributed by atoms with E-state index in [2.05, 4.69) is 24.4 Å². The van der Waals surface area contributed by atoms with E-state index in [4.69, 9.17) is 23.2 Å². The average Bonchev–Trinajstić information content (AvgIpc) is 2.74. The Bertz CT molecular complexity index is 921. The number of hydrogen-bond donors (Lipinski definition) is 1. The fraction of sp³-hybridized carbons (Fsp3) is 0.440. The first-order valence-corrected chi connectivity index (χ1v) is 12.8. The Morgan fingerprint density at radius 2 is 1.81 bits per heavy atom. The summed E-state index contributed by atoms with van der Waals surface area (Å²) in [5.41, 5.74) is 3.18. The number of carbonyl (C=O) groups is 2. The van der Waals surface area contributed by atoms with Crippen LogP contribution in [0.2, 0.25) is 10.0 Å². The lowest BCUT2D eigenvalue weighted by Gasteiger charge is -2.31. The summed E-state index contributed by atoms with van der Waals surface area (Å²) < 4.78 is 0. The van der Waals surface area contributed by atoms with E-state index in [0.717, 1.165) is 11.3 Å². The summed E-state index contributed by atoms with van der Waals surface area (Å²) in [4.78, 5) is 27.9. The van der Waals surface area contributed by atoms with Gasteiger partial charge in [0.1, 0.15) is 6.04 Å². The number of nitrogens with zero attached hydrogens (tertiary/aromatic N) is 1. The number of hydrogen-bond acceptors (Lipinski definition) is 3. The monoisotopic (exact) mass is 494 g/mol. The smallest absolute Gasteiger partial charge is 0.242 e. The van der Waals surface area contributed by atoms with Crippen LogP contribution >= 0.6 is 35.0 Å². The average molecular weight is 496 g/mol. The Morgan fingerprint density at radius 3 is 2.44 bits per heavy atom. The Hall–Kier alpha value is -1.69. The van der Waals surface area contributed by atoms with Crippen LogP contribution in [0.25, 0.3) is 0 Å². The summed E-state index contributed by atoms with van der Waals surface area (Å²) >= 11 is 14.0. The molecule has 2 aromatic rings. The molecule has 0 bridgehead atoms. The molecule has 2 rings (SSSR count). The fourth-order valence-corrected chi connectivity index (χ4v) is 4.73. The maximum atomic E-state index is 13.3. The molecule has 1 atom stereocenters. The first-order chi connectivity index (χ1) is 15.2. The minimum absolute atomic E-state index is 0.0823. The third kappa shape index (κ3) is 8.02. The molecule has 0 aliphatic carbocycles. The van der Waals surface area contributed by atoms with Gasteiger partial charge in [-0.25, -0.2) is 0 Å². The minimum Gasteiger partial charge on any atom is -0.354 e. The molecular formula is C25H32Cl2N2O2S. The van der Waals surface area contributed by atoms with Gasteiger partial charge >= 0.3 is 0 Å². The predicted molar refractivity (Wildman–Crippen MR) is 136 cm³/mol. The normalized spacial score (nSPS) is 12.0. The topological polar surface area (TPSA) is 49.4 Å². The lowest BCUT2D eigenvalue weighted by Crippen LogP contribution is -2.50. The summed E-state index contributed by atoms with van der Waals surface area (Å²) in [5, 5.41) is 3.99. The molecular weight excluding hydrogens is 463 g/mol. The Balaban J connectivity index is 2.18. The lowest BCUT2D eigenvalue weighted by molar-refractivity contribution is -0.139. The van der Waals surface area contributed by atoms with Crippen LogP contribution in [-0.2, 0) is 21.9 Å². The van der Waals surface area contributed by atoms with Crippen molar-refractivity contribution >= 4 is 46.8 Å². The second kappa shape index (κ2) is 13.1. The SMILES string of the molecule is CC[C@@H](C(=O)NCC(C)C)N(Cc1ccc(Cl)cc1Cl)C(=O)CSCc1ccccc1C. The van der Waals surface area contributed by atoms with Gasteiger partial charge < -0.3 is 10.2 Å². The number of rotatable bonds is 11. The Kier molecular flexibility index (Phi) is 10.9. The van der Waals surface area contributed by atoms with Crippen molar-refractivity contribution in [3.63, 3.8) is 0 Å². The molecule has 2 amide bonds. The van der Waals surface area contributed by atoms with Crippen molar-refractivity contribution < 1.29 is 9.59 Å². The zero-order valence-corrected chi connectivity index (χ0v) is 21.5. The summed E-state index contributed by atoms with van der Waals surface area (Å²) in [6.45, 7) is 8.90. The van der Waals surface area contributed by atoms with E-state index in [0.29, 0.717) is 28.9 Å². The summed E-state index contributed by atoms with van der Waals surface area (Å²) in [6.07, 6.45) is 0.517. The number of benzene rings is 2. The van der Waals surface area contributed by atoms with Gasteiger partial charge in [0, 0.05) is 28.9 Å². The van der Waals surface area contributed by atoms with Gasteiger partial charge in [0.25, 0.3) is 0 Å². The van der Waals surface area contributed by atoms with Crippen LogP contribution in [0, 0.1) is 12.8 Å². The molecule has 0 saturated heterocycles. The molecule has 0 fully saturated rings. The number of thioether (sulfide) groups is 1. The van der Waals surface area contributed by atoms with Crippen molar-refractivity contribution in [3.05, 3.63) is 69.2 Å². The maximum absolute atomic E-state index is 13.3. The number of amides is 2. The fourth-order valence-electron chi connectivity index (χ4n) is 3.28. The highest BCUT2D eigenvalue weighted by Crippen LogP contribution is 2.25. The van der Waals surface area contributed by atoms with Crippen LogP contribution in [0.4, 0.5) is 0 Å². The first kappa shape index (κ1) is 26.6. The number of aryl methyl sites for hydroxylation is 1. The molecule has 1 N–H and O–H groups in total. The van der Waals surface area contributed by atoms with Crippen LogP contribution in [-0.4, -0.2) is 35.1 Å². The summed E-state index contributed by atoms with van der Waals surface area (Å²) in [5.74, 6) is 1.14. The number of nitrogens with one attached hydrogen (secondary N) is 1. The van der Waals surface area contributed by atoms with Gasteiger partial charge in [0.15, 0.2) is 0 Å². The number of carbonyl (C=O) groups excluding carboxylic acids is 2. The second-order valence-electron chi connectivity index (χ2n) is 8.24. The third-order valence-electron chi connectivity index (χ3n) is 5.17. The minimum atomic E-state index is -0.563. The van der Waals surface area contributed by atoms with Gasteiger partial charge in [-0.15, -0.1) is 11.8 Å². The Labute approximate surface area is 206 Å². The standard InChI is InChI=1S/C25H32Cl2N2O2S/c1-5-23(25(31)28-13-17(2)3)29(14-19-10-11-21(26)12-22(19)27)24(30)16-32-15-20-9-7-6-8-18(20)4/h6-12,17,23H,5,13-16H2,1-4H3,(H,28,31)/t23-/m0/s1. The van der Waals surface area contributed by atoms with Crippen molar-refractivity contribution in [1.29, 1.82) is 0 Å². The zero-order chi connectivity index (χ0) is 23.7. The molecule has 0 unspecified atom stereocenters. The molecule has 2 aromatic carbocycles. The third-order valence-corrected chi connectivity index (χ3v) is 6.72. The van der Waals surface area contributed by atoms with Crippen molar-refractivity contribution in [1.82, 2.24) is 10.2 Å². The molecule has 0 aliphatic rings. The summed E-state index contributed by atoms with van der Waals surface area (Å²) in [7, 11) is 0. The van der Waals surface area contributed by atoms with Gasteiger partial charge in [-0.3, -0.25) is 9.59 Å². The molecule has 0 aliphatic heterocycles. The first-order valence-electron chi connectivity index (χ1n) is 10.9. The zero-order valence-electron chi connectivity index (χ0n) is 19.2. The molecule has 7 heteroatoms. The van der Waals surface area contributed by atoms with Crippen LogP contribution in [0.15, 0.2) is 42.5 Å². The molecule has 0 heterocycles. The molecule has 4 nitrogen and oxygen atoms in total. The van der Waals surface area contributed by atoms with E-state index >= 15 is 0 Å².